The highest BCUT2D eigenvalue weighted by molar-refractivity contribution is 5.81. The predicted molar refractivity (Wildman–Crippen MR) is 56.5 cm³/mol. The third kappa shape index (κ3) is 5.55. The number of hydrazone groups is 1. The van der Waals surface area contributed by atoms with Crippen molar-refractivity contribution < 1.29 is 18.0 Å². The topological polar surface area (TPSA) is 67.5 Å². The molecule has 2 amide bonds. The number of alkyl halides is 3. The molecule has 7 heteroatoms. The summed E-state index contributed by atoms with van der Waals surface area (Å²) in [6.07, 6.45) is -4.04. The Balaban J connectivity index is 2.72. The van der Waals surface area contributed by atoms with E-state index in [0.29, 0.717) is 5.56 Å². The van der Waals surface area contributed by atoms with E-state index in [9.17, 15) is 18.0 Å². The zero-order valence-electron chi connectivity index (χ0n) is 8.66. The molecule has 4 nitrogen and oxygen atoms in total. The molecule has 0 saturated heterocycles. The van der Waals surface area contributed by atoms with E-state index in [4.69, 9.17) is 5.73 Å². The molecule has 1 rings (SSSR count). The molecule has 0 atom stereocenters. The Hall–Kier alpha value is -2.05. The molecule has 0 heterocycles. The predicted octanol–water partition coefficient (Wildman–Crippen LogP) is 1.79. The van der Waals surface area contributed by atoms with Crippen LogP contribution in [-0.2, 0) is 6.42 Å². The number of halogens is 3. The van der Waals surface area contributed by atoms with Crippen molar-refractivity contribution in [2.45, 2.75) is 12.6 Å². The van der Waals surface area contributed by atoms with Crippen LogP contribution < -0.4 is 11.2 Å². The fourth-order valence-corrected chi connectivity index (χ4v) is 1.19. The van der Waals surface area contributed by atoms with Crippen LogP contribution in [0.25, 0.3) is 0 Å². The number of urea groups is 1. The summed E-state index contributed by atoms with van der Waals surface area (Å²) in [6, 6.07) is 4.90. The van der Waals surface area contributed by atoms with E-state index in [2.05, 4.69) is 5.10 Å². The van der Waals surface area contributed by atoms with Crippen LogP contribution in [0.2, 0.25) is 0 Å². The number of amides is 2. The molecule has 17 heavy (non-hydrogen) atoms. The lowest BCUT2D eigenvalue weighted by molar-refractivity contribution is -0.127. The number of rotatable bonds is 3. The third-order valence-electron chi connectivity index (χ3n) is 1.74. The second kappa shape index (κ2) is 5.33. The van der Waals surface area contributed by atoms with E-state index < -0.39 is 18.6 Å². The minimum Gasteiger partial charge on any atom is -0.350 e. The van der Waals surface area contributed by atoms with E-state index in [1.807, 2.05) is 5.43 Å². The van der Waals surface area contributed by atoms with Gasteiger partial charge in [-0.05, 0) is 17.2 Å². The normalized spacial score (nSPS) is 11.7. The summed E-state index contributed by atoms with van der Waals surface area (Å²) in [5.74, 6) is 0. The van der Waals surface area contributed by atoms with Crippen LogP contribution in [0, 0.1) is 0 Å². The van der Waals surface area contributed by atoms with Crippen molar-refractivity contribution in [2.75, 3.05) is 0 Å². The van der Waals surface area contributed by atoms with Crippen molar-refractivity contribution in [1.29, 1.82) is 0 Å². The van der Waals surface area contributed by atoms with E-state index in [0.717, 1.165) is 0 Å². The van der Waals surface area contributed by atoms with Crippen LogP contribution >= 0.6 is 0 Å². The lowest BCUT2D eigenvalue weighted by Crippen LogP contribution is -2.24. The van der Waals surface area contributed by atoms with Crippen LogP contribution in [0.5, 0.6) is 0 Å². The van der Waals surface area contributed by atoms with Gasteiger partial charge in [-0.15, -0.1) is 0 Å². The van der Waals surface area contributed by atoms with Gasteiger partial charge in [-0.1, -0.05) is 18.2 Å². The van der Waals surface area contributed by atoms with Crippen LogP contribution in [-0.4, -0.2) is 18.4 Å². The molecule has 92 valence electrons. The fourth-order valence-electron chi connectivity index (χ4n) is 1.19. The van der Waals surface area contributed by atoms with Crippen molar-refractivity contribution in [3.63, 3.8) is 0 Å². The average Bonchev–Trinajstić information content (AvgIpc) is 2.14. The second-order valence-electron chi connectivity index (χ2n) is 3.27. The van der Waals surface area contributed by atoms with Crippen LogP contribution in [0.3, 0.4) is 0 Å². The zero-order chi connectivity index (χ0) is 12.9. The quantitative estimate of drug-likeness (QED) is 0.618. The maximum Gasteiger partial charge on any atom is 0.393 e. The molecule has 0 unspecified atom stereocenters. The molecule has 0 aliphatic heterocycles. The summed E-state index contributed by atoms with van der Waals surface area (Å²) >= 11 is 0. The lowest BCUT2D eigenvalue weighted by Gasteiger charge is -2.06. The SMILES string of the molecule is NC(=O)NN=Cc1cccc(CC(F)(F)F)c1. The molecule has 0 spiro atoms. The second-order valence-corrected chi connectivity index (χ2v) is 3.27. The van der Waals surface area contributed by atoms with Crippen molar-refractivity contribution in [1.82, 2.24) is 5.43 Å². The highest BCUT2D eigenvalue weighted by Crippen LogP contribution is 2.21. The van der Waals surface area contributed by atoms with Gasteiger partial charge in [0.1, 0.15) is 0 Å². The molecule has 0 aliphatic rings. The number of carbonyl (C=O) groups is 1. The molecule has 0 radical (unpaired) electrons. The summed E-state index contributed by atoms with van der Waals surface area (Å²) < 4.78 is 36.4. The molecular formula is C10H10F3N3O. The maximum absolute atomic E-state index is 12.1. The average molecular weight is 245 g/mol. The molecular weight excluding hydrogens is 235 g/mol. The minimum atomic E-state index is -4.25. The Kier molecular flexibility index (Phi) is 4.08. The van der Waals surface area contributed by atoms with Crippen molar-refractivity contribution in [3.8, 4) is 0 Å². The standard InChI is InChI=1S/C10H10F3N3O/c11-10(12,13)5-7-2-1-3-8(4-7)6-15-16-9(14)17/h1-4,6H,5H2,(H3,14,16,17). The van der Waals surface area contributed by atoms with Gasteiger partial charge in [0, 0.05) is 0 Å². The number of hydrogen-bond donors (Lipinski definition) is 2. The Labute approximate surface area is 95.3 Å². The number of nitrogens with one attached hydrogen (secondary N) is 1. The van der Waals surface area contributed by atoms with E-state index >= 15 is 0 Å². The number of nitrogens with zero attached hydrogens (tertiary/aromatic N) is 1. The van der Waals surface area contributed by atoms with Gasteiger partial charge in [0.25, 0.3) is 0 Å². The zero-order valence-corrected chi connectivity index (χ0v) is 8.66. The molecule has 0 saturated carbocycles. The molecule has 0 aromatic heterocycles. The molecule has 0 bridgehead atoms. The van der Waals surface area contributed by atoms with Gasteiger partial charge in [0.15, 0.2) is 0 Å². The van der Waals surface area contributed by atoms with Crippen LogP contribution in [0.1, 0.15) is 11.1 Å². The molecule has 1 aromatic carbocycles. The Morgan fingerprint density at radius 1 is 1.47 bits per heavy atom. The third-order valence-corrected chi connectivity index (χ3v) is 1.74. The number of nitrogens with two attached hydrogens (primary N) is 1. The first kappa shape index (κ1) is 13.0. The van der Waals surface area contributed by atoms with Crippen molar-refractivity contribution in [3.05, 3.63) is 35.4 Å². The molecule has 1 aromatic rings. The highest BCUT2D eigenvalue weighted by Gasteiger charge is 2.27. The largest absolute Gasteiger partial charge is 0.393 e. The monoisotopic (exact) mass is 245 g/mol. The van der Waals surface area contributed by atoms with Gasteiger partial charge in [-0.25, -0.2) is 10.2 Å². The van der Waals surface area contributed by atoms with Gasteiger partial charge in [0.2, 0.25) is 0 Å². The van der Waals surface area contributed by atoms with Gasteiger partial charge in [-0.3, -0.25) is 0 Å². The summed E-state index contributed by atoms with van der Waals surface area (Å²) in [7, 11) is 0. The first-order valence-electron chi connectivity index (χ1n) is 4.61. The number of primary amides is 1. The minimum absolute atomic E-state index is 0.125. The summed E-state index contributed by atoms with van der Waals surface area (Å²) in [5.41, 5.74) is 7.28. The van der Waals surface area contributed by atoms with Crippen LogP contribution in [0.4, 0.5) is 18.0 Å². The van der Waals surface area contributed by atoms with Crippen molar-refractivity contribution in [2.24, 2.45) is 10.8 Å². The molecule has 3 N–H and O–H groups in total. The Morgan fingerprint density at radius 3 is 2.76 bits per heavy atom. The smallest absolute Gasteiger partial charge is 0.350 e. The van der Waals surface area contributed by atoms with E-state index in [1.54, 1.807) is 6.07 Å². The van der Waals surface area contributed by atoms with Gasteiger partial charge >= 0.3 is 12.2 Å². The van der Waals surface area contributed by atoms with Crippen molar-refractivity contribution >= 4 is 12.2 Å². The van der Waals surface area contributed by atoms with Crippen LogP contribution in [0.15, 0.2) is 29.4 Å². The lowest BCUT2D eigenvalue weighted by atomic mass is 10.1. The summed E-state index contributed by atoms with van der Waals surface area (Å²) in [6.45, 7) is 0. The fraction of sp³-hybridized carbons (Fsp3) is 0.200. The van der Waals surface area contributed by atoms with E-state index in [1.165, 1.54) is 24.4 Å². The number of carbonyl (C=O) groups excluding carboxylic acids is 1. The van der Waals surface area contributed by atoms with E-state index in [-0.39, 0.29) is 5.56 Å². The van der Waals surface area contributed by atoms with Gasteiger partial charge in [0.05, 0.1) is 12.6 Å². The number of hydrogen-bond acceptors (Lipinski definition) is 2. The van der Waals surface area contributed by atoms with Gasteiger partial charge in [-0.2, -0.15) is 18.3 Å². The highest BCUT2D eigenvalue weighted by atomic mass is 19.4. The molecule has 0 fully saturated rings. The Morgan fingerprint density at radius 2 is 2.18 bits per heavy atom. The summed E-state index contributed by atoms with van der Waals surface area (Å²) in [4.78, 5) is 10.3. The molecule has 0 aliphatic carbocycles. The van der Waals surface area contributed by atoms with Gasteiger partial charge < -0.3 is 5.73 Å². The number of benzene rings is 1. The maximum atomic E-state index is 12.1. The summed E-state index contributed by atoms with van der Waals surface area (Å²) in [5, 5.41) is 3.45. The first-order chi connectivity index (χ1) is 7.87. The first-order valence-corrected chi connectivity index (χ1v) is 4.61. The Bertz CT molecular complexity index is 429.